The number of aromatic nitrogens is 2. The Kier molecular flexibility index (Phi) is 2.84. The van der Waals surface area contributed by atoms with E-state index in [1.165, 1.54) is 5.56 Å². The van der Waals surface area contributed by atoms with Gasteiger partial charge in [-0.2, -0.15) is 5.26 Å². The summed E-state index contributed by atoms with van der Waals surface area (Å²) in [6.07, 6.45) is 0. The van der Waals surface area contributed by atoms with Crippen molar-refractivity contribution in [2.24, 2.45) is 0 Å². The standard InChI is InChI=1S/C13H14N4/c1-9-5-4-6-10(7-9)12-15-11(8-14)13(16-12)17(2)3/h4-7H,1-3H3,(H,15,16). The molecule has 4 nitrogen and oxygen atoms in total. The van der Waals surface area contributed by atoms with Gasteiger partial charge in [-0.05, 0) is 13.0 Å². The first-order valence-corrected chi connectivity index (χ1v) is 5.36. The predicted molar refractivity (Wildman–Crippen MR) is 67.8 cm³/mol. The molecule has 86 valence electrons. The molecule has 2 aromatic rings. The van der Waals surface area contributed by atoms with Crippen molar-refractivity contribution in [3.8, 4) is 17.5 Å². The minimum absolute atomic E-state index is 0.492. The molecule has 0 unspecified atom stereocenters. The average molecular weight is 226 g/mol. The molecule has 1 heterocycles. The molecule has 1 aromatic carbocycles. The summed E-state index contributed by atoms with van der Waals surface area (Å²) in [7, 11) is 3.74. The minimum atomic E-state index is 0.492. The van der Waals surface area contributed by atoms with E-state index in [1.54, 1.807) is 0 Å². The summed E-state index contributed by atoms with van der Waals surface area (Å²) in [5, 5.41) is 9.03. The van der Waals surface area contributed by atoms with Crippen molar-refractivity contribution in [3.63, 3.8) is 0 Å². The Morgan fingerprint density at radius 2 is 2.12 bits per heavy atom. The summed E-state index contributed by atoms with van der Waals surface area (Å²) < 4.78 is 0. The van der Waals surface area contributed by atoms with Crippen LogP contribution in [0.3, 0.4) is 0 Å². The van der Waals surface area contributed by atoms with E-state index in [0.717, 1.165) is 11.4 Å². The molecule has 0 atom stereocenters. The zero-order valence-corrected chi connectivity index (χ0v) is 10.2. The molecule has 0 aliphatic heterocycles. The number of hydrogen-bond donors (Lipinski definition) is 1. The lowest BCUT2D eigenvalue weighted by atomic mass is 10.1. The molecule has 0 fully saturated rings. The second-order valence-corrected chi connectivity index (χ2v) is 4.16. The van der Waals surface area contributed by atoms with Crippen molar-refractivity contribution >= 4 is 5.82 Å². The van der Waals surface area contributed by atoms with Crippen LogP contribution in [0.25, 0.3) is 11.4 Å². The van der Waals surface area contributed by atoms with Crippen LogP contribution in [0.15, 0.2) is 24.3 Å². The fraction of sp³-hybridized carbons (Fsp3) is 0.231. The lowest BCUT2D eigenvalue weighted by molar-refractivity contribution is 1.08. The lowest BCUT2D eigenvalue weighted by Gasteiger charge is -2.07. The highest BCUT2D eigenvalue weighted by molar-refractivity contribution is 5.63. The summed E-state index contributed by atoms with van der Waals surface area (Å²) in [5.41, 5.74) is 2.66. The van der Waals surface area contributed by atoms with Gasteiger partial charge in [0, 0.05) is 19.7 Å². The second-order valence-electron chi connectivity index (χ2n) is 4.16. The molecule has 4 heteroatoms. The molecular weight excluding hydrogens is 212 g/mol. The van der Waals surface area contributed by atoms with Crippen LogP contribution < -0.4 is 4.90 Å². The van der Waals surface area contributed by atoms with Crippen molar-refractivity contribution in [2.45, 2.75) is 6.92 Å². The quantitative estimate of drug-likeness (QED) is 0.855. The summed E-state index contributed by atoms with van der Waals surface area (Å²) >= 11 is 0. The molecule has 0 spiro atoms. The molecule has 17 heavy (non-hydrogen) atoms. The maximum atomic E-state index is 9.03. The van der Waals surface area contributed by atoms with Gasteiger partial charge in [-0.1, -0.05) is 23.8 Å². The maximum absolute atomic E-state index is 9.03. The van der Waals surface area contributed by atoms with Crippen LogP contribution >= 0.6 is 0 Å². The molecule has 0 radical (unpaired) electrons. The highest BCUT2D eigenvalue weighted by Gasteiger charge is 2.12. The number of nitriles is 1. The Morgan fingerprint density at radius 3 is 2.65 bits per heavy atom. The largest absolute Gasteiger partial charge is 0.360 e. The van der Waals surface area contributed by atoms with Crippen LogP contribution in [0.4, 0.5) is 5.82 Å². The molecule has 2 rings (SSSR count). The molecule has 1 N–H and O–H groups in total. The van der Waals surface area contributed by atoms with Crippen LogP contribution in [0, 0.1) is 18.3 Å². The number of nitrogens with zero attached hydrogens (tertiary/aromatic N) is 3. The molecular formula is C13H14N4. The van der Waals surface area contributed by atoms with E-state index < -0.39 is 0 Å². The van der Waals surface area contributed by atoms with Gasteiger partial charge in [0.05, 0.1) is 0 Å². The van der Waals surface area contributed by atoms with Gasteiger partial charge in [0.25, 0.3) is 0 Å². The third kappa shape index (κ3) is 2.13. The Morgan fingerprint density at radius 1 is 1.35 bits per heavy atom. The lowest BCUT2D eigenvalue weighted by Crippen LogP contribution is -2.10. The van der Waals surface area contributed by atoms with Crippen LogP contribution in [0.1, 0.15) is 11.3 Å². The summed E-state index contributed by atoms with van der Waals surface area (Å²) in [6, 6.07) is 10.2. The number of anilines is 1. The smallest absolute Gasteiger partial charge is 0.165 e. The first kappa shape index (κ1) is 11.2. The number of aryl methyl sites for hydroxylation is 1. The first-order valence-electron chi connectivity index (χ1n) is 5.36. The van der Waals surface area contributed by atoms with Crippen LogP contribution in [0.2, 0.25) is 0 Å². The van der Waals surface area contributed by atoms with Crippen molar-refractivity contribution in [3.05, 3.63) is 35.5 Å². The fourth-order valence-electron chi connectivity index (χ4n) is 1.69. The van der Waals surface area contributed by atoms with Crippen LogP contribution in [-0.4, -0.2) is 24.1 Å². The van der Waals surface area contributed by atoms with Gasteiger partial charge < -0.3 is 9.88 Å². The van der Waals surface area contributed by atoms with E-state index in [1.807, 2.05) is 50.2 Å². The van der Waals surface area contributed by atoms with Crippen molar-refractivity contribution in [1.29, 1.82) is 5.26 Å². The van der Waals surface area contributed by atoms with E-state index in [0.29, 0.717) is 11.5 Å². The van der Waals surface area contributed by atoms with E-state index in [-0.39, 0.29) is 0 Å². The van der Waals surface area contributed by atoms with Gasteiger partial charge in [-0.15, -0.1) is 0 Å². The number of rotatable bonds is 2. The number of nitrogens with one attached hydrogen (secondary N) is 1. The third-order valence-electron chi connectivity index (χ3n) is 2.51. The highest BCUT2D eigenvalue weighted by Crippen LogP contribution is 2.22. The van der Waals surface area contributed by atoms with Crippen molar-refractivity contribution in [1.82, 2.24) is 9.97 Å². The molecule has 0 saturated heterocycles. The average Bonchev–Trinajstić information content (AvgIpc) is 2.73. The maximum Gasteiger partial charge on any atom is 0.165 e. The number of aromatic amines is 1. The summed E-state index contributed by atoms with van der Waals surface area (Å²) in [5.74, 6) is 1.40. The molecule has 0 aliphatic rings. The molecule has 0 amide bonds. The molecule has 1 aromatic heterocycles. The Hall–Kier alpha value is -2.28. The van der Waals surface area contributed by atoms with Crippen LogP contribution in [0.5, 0.6) is 0 Å². The Bertz CT molecular complexity index is 575. The minimum Gasteiger partial charge on any atom is -0.360 e. The fourth-order valence-corrected chi connectivity index (χ4v) is 1.69. The number of imidazole rings is 1. The predicted octanol–water partition coefficient (Wildman–Crippen LogP) is 2.32. The van der Waals surface area contributed by atoms with E-state index in [4.69, 9.17) is 5.26 Å². The van der Waals surface area contributed by atoms with Gasteiger partial charge in [0.15, 0.2) is 11.5 Å². The van der Waals surface area contributed by atoms with Gasteiger partial charge >= 0.3 is 0 Å². The first-order chi connectivity index (χ1) is 8.11. The summed E-state index contributed by atoms with van der Waals surface area (Å²) in [6.45, 7) is 2.03. The monoisotopic (exact) mass is 226 g/mol. The summed E-state index contributed by atoms with van der Waals surface area (Å²) in [4.78, 5) is 9.31. The number of hydrogen-bond acceptors (Lipinski definition) is 3. The van der Waals surface area contributed by atoms with E-state index in [9.17, 15) is 0 Å². The topological polar surface area (TPSA) is 55.7 Å². The van der Waals surface area contributed by atoms with E-state index >= 15 is 0 Å². The molecule has 0 bridgehead atoms. The molecule has 0 aliphatic carbocycles. The molecule has 0 saturated carbocycles. The second kappa shape index (κ2) is 4.30. The number of H-pyrrole nitrogens is 1. The third-order valence-corrected chi connectivity index (χ3v) is 2.51. The zero-order valence-electron chi connectivity index (χ0n) is 10.2. The Labute approximate surface area is 101 Å². The SMILES string of the molecule is Cc1cccc(-c2nc(N(C)C)c(C#N)[nH]2)c1. The van der Waals surface area contributed by atoms with Crippen LogP contribution in [-0.2, 0) is 0 Å². The van der Waals surface area contributed by atoms with E-state index in [2.05, 4.69) is 16.0 Å². The normalized spacial score (nSPS) is 10.0. The van der Waals surface area contributed by atoms with Crippen molar-refractivity contribution in [2.75, 3.05) is 19.0 Å². The zero-order chi connectivity index (χ0) is 12.4. The van der Waals surface area contributed by atoms with Gasteiger partial charge in [-0.3, -0.25) is 0 Å². The van der Waals surface area contributed by atoms with Gasteiger partial charge in [0.1, 0.15) is 11.9 Å². The van der Waals surface area contributed by atoms with Gasteiger partial charge in [0.2, 0.25) is 0 Å². The Balaban J connectivity index is 2.51. The highest BCUT2D eigenvalue weighted by atomic mass is 15.2. The van der Waals surface area contributed by atoms with Crippen molar-refractivity contribution < 1.29 is 0 Å². The van der Waals surface area contributed by atoms with Gasteiger partial charge in [-0.25, -0.2) is 4.98 Å². The number of benzene rings is 1.